The number of aliphatic hydroxyl groups excluding tert-OH is 1. The van der Waals surface area contributed by atoms with Crippen molar-refractivity contribution in [3.63, 3.8) is 0 Å². The molecule has 0 saturated heterocycles. The Hall–Kier alpha value is -2.20. The van der Waals surface area contributed by atoms with Crippen LogP contribution in [0.25, 0.3) is 0 Å². The van der Waals surface area contributed by atoms with E-state index in [0.29, 0.717) is 32.1 Å². The van der Waals surface area contributed by atoms with Crippen LogP contribution in [0.4, 0.5) is 0 Å². The summed E-state index contributed by atoms with van der Waals surface area (Å²) in [5.41, 5.74) is 16.0. The number of aliphatic hydroxyl groups is 1. The van der Waals surface area contributed by atoms with Gasteiger partial charge in [0.05, 0.1) is 12.1 Å². The first kappa shape index (κ1) is 23.8. The molecule has 0 aliphatic rings. The molecule has 9 N–H and O–H groups in total. The number of nitrogens with two attached hydrogens (primary N) is 3. The van der Waals surface area contributed by atoms with E-state index in [0.717, 1.165) is 0 Å². The zero-order valence-corrected chi connectivity index (χ0v) is 15.6. The number of carbonyl (C=O) groups excluding carboxylic acids is 3. The molecule has 0 aliphatic carbocycles. The highest BCUT2D eigenvalue weighted by atomic mass is 16.3. The van der Waals surface area contributed by atoms with Crippen LogP contribution in [-0.4, -0.2) is 59.9 Å². The number of nitrogens with one attached hydrogen (secondary N) is 2. The van der Waals surface area contributed by atoms with E-state index in [1.807, 2.05) is 13.8 Å². The molecule has 0 spiro atoms. The standard InChI is InChI=1S/C16H32N6O4/c1-9(2)7-12(22-15(26)13(17)10(3)24)14(25)21-11(8-23)5-4-6-20-16(18)19/h8-13,24H,4-7,17H2,1-3H3,(H,21,25)(H,22,26)(H4,18,19,20)/t10-,11-,12+,13+/m1/s1. The summed E-state index contributed by atoms with van der Waals surface area (Å²) in [4.78, 5) is 39.5. The zero-order valence-electron chi connectivity index (χ0n) is 15.6. The van der Waals surface area contributed by atoms with Crippen molar-refractivity contribution in [3.8, 4) is 0 Å². The van der Waals surface area contributed by atoms with E-state index in [4.69, 9.17) is 17.2 Å². The predicted octanol–water partition coefficient (Wildman–Crippen LogP) is -2.04. The van der Waals surface area contributed by atoms with Crippen molar-refractivity contribution >= 4 is 24.1 Å². The van der Waals surface area contributed by atoms with E-state index in [-0.39, 0.29) is 11.9 Å². The minimum absolute atomic E-state index is 0.0363. The van der Waals surface area contributed by atoms with Crippen molar-refractivity contribution in [2.45, 2.75) is 64.3 Å². The molecule has 0 aliphatic heterocycles. The highest BCUT2D eigenvalue weighted by molar-refractivity contribution is 5.91. The molecule has 0 fully saturated rings. The fourth-order valence-electron chi connectivity index (χ4n) is 2.17. The van der Waals surface area contributed by atoms with Gasteiger partial charge in [0.2, 0.25) is 11.8 Å². The van der Waals surface area contributed by atoms with Crippen molar-refractivity contribution in [1.82, 2.24) is 10.6 Å². The van der Waals surface area contributed by atoms with Gasteiger partial charge in [0, 0.05) is 6.54 Å². The van der Waals surface area contributed by atoms with Crippen LogP contribution >= 0.6 is 0 Å². The van der Waals surface area contributed by atoms with Gasteiger partial charge in [-0.25, -0.2) is 0 Å². The van der Waals surface area contributed by atoms with Gasteiger partial charge in [0.1, 0.15) is 18.4 Å². The molecule has 0 heterocycles. The van der Waals surface area contributed by atoms with Gasteiger partial charge in [-0.3, -0.25) is 14.6 Å². The summed E-state index contributed by atoms with van der Waals surface area (Å²) >= 11 is 0. The van der Waals surface area contributed by atoms with Crippen LogP contribution in [0.2, 0.25) is 0 Å². The fraction of sp³-hybridized carbons (Fsp3) is 0.750. The largest absolute Gasteiger partial charge is 0.391 e. The van der Waals surface area contributed by atoms with Gasteiger partial charge in [0.25, 0.3) is 0 Å². The molecule has 10 heteroatoms. The zero-order chi connectivity index (χ0) is 20.3. The van der Waals surface area contributed by atoms with E-state index >= 15 is 0 Å². The number of aldehydes is 1. The summed E-state index contributed by atoms with van der Waals surface area (Å²) in [5, 5.41) is 14.5. The Labute approximate surface area is 154 Å². The van der Waals surface area contributed by atoms with Gasteiger partial charge in [-0.2, -0.15) is 0 Å². The minimum atomic E-state index is -1.14. The van der Waals surface area contributed by atoms with Crippen molar-refractivity contribution < 1.29 is 19.5 Å². The highest BCUT2D eigenvalue weighted by Crippen LogP contribution is 2.07. The Balaban J connectivity index is 4.81. The predicted molar refractivity (Wildman–Crippen MR) is 98.9 cm³/mol. The number of carbonyl (C=O) groups is 3. The Morgan fingerprint density at radius 3 is 2.23 bits per heavy atom. The molecular formula is C16H32N6O4. The first-order valence-electron chi connectivity index (χ1n) is 8.63. The van der Waals surface area contributed by atoms with E-state index < -0.39 is 36.0 Å². The Bertz CT molecular complexity index is 491. The second-order valence-corrected chi connectivity index (χ2v) is 6.66. The van der Waals surface area contributed by atoms with Gasteiger partial charge in [-0.1, -0.05) is 13.8 Å². The molecule has 0 aromatic rings. The Morgan fingerprint density at radius 1 is 1.15 bits per heavy atom. The number of guanidine groups is 1. The van der Waals surface area contributed by atoms with Gasteiger partial charge in [-0.15, -0.1) is 0 Å². The Morgan fingerprint density at radius 2 is 1.77 bits per heavy atom. The highest BCUT2D eigenvalue weighted by Gasteiger charge is 2.27. The molecule has 10 nitrogen and oxygen atoms in total. The lowest BCUT2D eigenvalue weighted by Gasteiger charge is -2.24. The smallest absolute Gasteiger partial charge is 0.243 e. The molecule has 26 heavy (non-hydrogen) atoms. The topological polar surface area (TPSA) is 186 Å². The summed E-state index contributed by atoms with van der Waals surface area (Å²) in [7, 11) is 0. The first-order valence-corrected chi connectivity index (χ1v) is 8.63. The maximum atomic E-state index is 12.5. The van der Waals surface area contributed by atoms with Crippen molar-refractivity contribution in [1.29, 1.82) is 0 Å². The Kier molecular flexibility index (Phi) is 11.2. The monoisotopic (exact) mass is 372 g/mol. The minimum Gasteiger partial charge on any atom is -0.391 e. The summed E-state index contributed by atoms with van der Waals surface area (Å²) in [6, 6.07) is -2.71. The molecule has 150 valence electrons. The molecule has 4 atom stereocenters. The average Bonchev–Trinajstić information content (AvgIpc) is 2.55. The number of hydrogen-bond acceptors (Lipinski definition) is 6. The summed E-state index contributed by atoms with van der Waals surface area (Å²) in [6.07, 6.45) is 0.820. The van der Waals surface area contributed by atoms with Crippen LogP contribution in [0.3, 0.4) is 0 Å². The number of hydrogen-bond donors (Lipinski definition) is 6. The maximum absolute atomic E-state index is 12.5. The summed E-state index contributed by atoms with van der Waals surface area (Å²) in [5.74, 6) is -1.03. The summed E-state index contributed by atoms with van der Waals surface area (Å²) < 4.78 is 0. The van der Waals surface area contributed by atoms with Gasteiger partial charge >= 0.3 is 0 Å². The molecule has 0 unspecified atom stereocenters. The van der Waals surface area contributed by atoms with E-state index in [1.165, 1.54) is 6.92 Å². The number of rotatable bonds is 12. The van der Waals surface area contributed by atoms with E-state index in [2.05, 4.69) is 15.6 Å². The second kappa shape index (κ2) is 12.2. The van der Waals surface area contributed by atoms with Crippen molar-refractivity contribution in [2.75, 3.05) is 6.54 Å². The number of nitrogens with zero attached hydrogens (tertiary/aromatic N) is 1. The van der Waals surface area contributed by atoms with Crippen LogP contribution in [-0.2, 0) is 14.4 Å². The molecule has 0 aromatic heterocycles. The van der Waals surface area contributed by atoms with Gasteiger partial charge < -0.3 is 37.7 Å². The molecular weight excluding hydrogens is 340 g/mol. The van der Waals surface area contributed by atoms with Crippen molar-refractivity contribution in [3.05, 3.63) is 0 Å². The van der Waals surface area contributed by atoms with Crippen LogP contribution in [0.15, 0.2) is 4.99 Å². The van der Waals surface area contributed by atoms with Crippen LogP contribution in [0.5, 0.6) is 0 Å². The summed E-state index contributed by atoms with van der Waals surface area (Å²) in [6.45, 7) is 5.53. The third-order valence-electron chi connectivity index (χ3n) is 3.62. The van der Waals surface area contributed by atoms with Gasteiger partial charge in [0.15, 0.2) is 5.96 Å². The molecule has 2 amide bonds. The third-order valence-corrected chi connectivity index (χ3v) is 3.62. The first-order chi connectivity index (χ1) is 12.1. The second-order valence-electron chi connectivity index (χ2n) is 6.66. The molecule has 0 bridgehead atoms. The number of aliphatic imine (C=N–C) groups is 1. The van der Waals surface area contributed by atoms with Crippen LogP contribution in [0, 0.1) is 5.92 Å². The van der Waals surface area contributed by atoms with E-state index in [9.17, 15) is 19.5 Å². The number of amides is 2. The lowest BCUT2D eigenvalue weighted by Crippen LogP contribution is -2.56. The van der Waals surface area contributed by atoms with Crippen LogP contribution < -0.4 is 27.8 Å². The van der Waals surface area contributed by atoms with E-state index in [1.54, 1.807) is 0 Å². The maximum Gasteiger partial charge on any atom is 0.243 e. The average molecular weight is 372 g/mol. The fourth-order valence-corrected chi connectivity index (χ4v) is 2.17. The normalized spacial score (nSPS) is 15.5. The lowest BCUT2D eigenvalue weighted by atomic mass is 10.0. The molecule has 0 rings (SSSR count). The van der Waals surface area contributed by atoms with Crippen LogP contribution in [0.1, 0.15) is 40.0 Å². The molecule has 0 aromatic carbocycles. The molecule has 0 saturated carbocycles. The SMILES string of the molecule is CC(C)C[C@H](NC(=O)[C@@H](N)[C@@H](C)O)C(=O)N[C@@H](C=O)CCCN=C(N)N. The lowest BCUT2D eigenvalue weighted by molar-refractivity contribution is -0.132. The quantitative estimate of drug-likeness (QED) is 0.0985. The van der Waals surface area contributed by atoms with Crippen molar-refractivity contribution in [2.24, 2.45) is 28.1 Å². The van der Waals surface area contributed by atoms with Gasteiger partial charge in [-0.05, 0) is 32.1 Å². The molecule has 0 radical (unpaired) electrons. The third kappa shape index (κ3) is 9.94.